The molecular weight excluding hydrogens is 292 g/mol. The summed E-state index contributed by atoms with van der Waals surface area (Å²) in [6.45, 7) is 9.83. The minimum atomic E-state index is -0.296. The van der Waals surface area contributed by atoms with Gasteiger partial charge in [0.2, 0.25) is 0 Å². The molecule has 0 atom stereocenters. The Kier molecular flexibility index (Phi) is 8.33. The lowest BCUT2D eigenvalue weighted by Gasteiger charge is -2.26. The van der Waals surface area contributed by atoms with Crippen molar-refractivity contribution in [3.63, 3.8) is 0 Å². The minimum absolute atomic E-state index is 0.0373. The van der Waals surface area contributed by atoms with Gasteiger partial charge in [-0.15, -0.1) is 0 Å². The molecule has 1 aromatic rings. The van der Waals surface area contributed by atoms with Crippen LogP contribution in [0.4, 0.5) is 0 Å². The molecule has 0 aliphatic rings. The lowest BCUT2D eigenvalue weighted by Crippen LogP contribution is -2.40. The highest BCUT2D eigenvalue weighted by Gasteiger charge is 2.18. The minimum Gasteiger partial charge on any atom is -0.469 e. The molecule has 5 nitrogen and oxygen atoms in total. The van der Waals surface area contributed by atoms with Gasteiger partial charge in [0, 0.05) is 25.2 Å². The first-order valence-corrected chi connectivity index (χ1v) is 8.16. The SMILES string of the molecule is CCN(CC)CCN(CCC(=O)OC)C(=O)c1cccc(C)c1. The van der Waals surface area contributed by atoms with E-state index in [9.17, 15) is 9.59 Å². The molecule has 0 spiro atoms. The molecule has 0 unspecified atom stereocenters. The van der Waals surface area contributed by atoms with Gasteiger partial charge in [0.05, 0.1) is 13.5 Å². The summed E-state index contributed by atoms with van der Waals surface area (Å²) in [6.07, 6.45) is 0.215. The van der Waals surface area contributed by atoms with Gasteiger partial charge in [0.15, 0.2) is 0 Å². The average Bonchev–Trinajstić information content (AvgIpc) is 2.57. The molecule has 23 heavy (non-hydrogen) atoms. The molecule has 0 radical (unpaired) electrons. The van der Waals surface area contributed by atoms with Crippen molar-refractivity contribution in [1.29, 1.82) is 0 Å². The van der Waals surface area contributed by atoms with Crippen molar-refractivity contribution in [2.45, 2.75) is 27.2 Å². The molecule has 0 fully saturated rings. The molecule has 0 saturated carbocycles. The predicted molar refractivity (Wildman–Crippen MR) is 91.5 cm³/mol. The van der Waals surface area contributed by atoms with Gasteiger partial charge < -0.3 is 14.5 Å². The van der Waals surface area contributed by atoms with Crippen LogP contribution < -0.4 is 0 Å². The van der Waals surface area contributed by atoms with Crippen LogP contribution in [0.5, 0.6) is 0 Å². The maximum absolute atomic E-state index is 12.7. The van der Waals surface area contributed by atoms with Gasteiger partial charge in [0.25, 0.3) is 5.91 Å². The van der Waals surface area contributed by atoms with Gasteiger partial charge in [-0.1, -0.05) is 31.5 Å². The van der Waals surface area contributed by atoms with E-state index in [1.54, 1.807) is 4.90 Å². The van der Waals surface area contributed by atoms with E-state index in [2.05, 4.69) is 23.5 Å². The van der Waals surface area contributed by atoms with E-state index in [-0.39, 0.29) is 18.3 Å². The highest BCUT2D eigenvalue weighted by molar-refractivity contribution is 5.94. The van der Waals surface area contributed by atoms with Crippen LogP contribution in [-0.2, 0) is 9.53 Å². The topological polar surface area (TPSA) is 49.9 Å². The Labute approximate surface area is 139 Å². The van der Waals surface area contributed by atoms with E-state index in [0.29, 0.717) is 18.7 Å². The molecule has 0 heterocycles. The largest absolute Gasteiger partial charge is 0.469 e. The average molecular weight is 320 g/mol. The number of hydrogen-bond donors (Lipinski definition) is 0. The molecular formula is C18H28N2O3. The number of amides is 1. The quantitative estimate of drug-likeness (QED) is 0.655. The van der Waals surface area contributed by atoms with Crippen LogP contribution in [0.15, 0.2) is 24.3 Å². The number of aryl methyl sites for hydroxylation is 1. The standard InChI is InChI=1S/C18H28N2O3/c1-5-19(6-2)12-13-20(11-10-17(21)23-4)18(22)16-9-7-8-15(3)14-16/h7-9,14H,5-6,10-13H2,1-4H3. The number of esters is 1. The smallest absolute Gasteiger partial charge is 0.307 e. The molecule has 0 bridgehead atoms. The van der Waals surface area contributed by atoms with Crippen LogP contribution in [0.2, 0.25) is 0 Å². The van der Waals surface area contributed by atoms with Crippen LogP contribution in [-0.4, -0.2) is 61.5 Å². The number of ether oxygens (including phenoxy) is 1. The number of carbonyl (C=O) groups is 2. The first-order chi connectivity index (χ1) is 11.0. The lowest BCUT2D eigenvalue weighted by molar-refractivity contribution is -0.140. The third-order valence-corrected chi connectivity index (χ3v) is 3.95. The molecule has 0 aliphatic heterocycles. The van der Waals surface area contributed by atoms with Crippen molar-refractivity contribution in [3.05, 3.63) is 35.4 Å². The highest BCUT2D eigenvalue weighted by atomic mass is 16.5. The fraction of sp³-hybridized carbons (Fsp3) is 0.556. The van der Waals surface area contributed by atoms with E-state index in [1.807, 2.05) is 31.2 Å². The number of methoxy groups -OCH3 is 1. The summed E-state index contributed by atoms with van der Waals surface area (Å²) in [5, 5.41) is 0. The summed E-state index contributed by atoms with van der Waals surface area (Å²) < 4.78 is 4.69. The van der Waals surface area contributed by atoms with Crippen molar-refractivity contribution >= 4 is 11.9 Å². The van der Waals surface area contributed by atoms with Crippen LogP contribution in [0.25, 0.3) is 0 Å². The second kappa shape index (κ2) is 10.0. The van der Waals surface area contributed by atoms with Crippen molar-refractivity contribution in [2.24, 2.45) is 0 Å². The van der Waals surface area contributed by atoms with Gasteiger partial charge in [-0.05, 0) is 32.1 Å². The zero-order valence-corrected chi connectivity index (χ0v) is 14.7. The molecule has 1 rings (SSSR count). The zero-order valence-electron chi connectivity index (χ0n) is 14.7. The Morgan fingerprint density at radius 3 is 2.35 bits per heavy atom. The number of hydrogen-bond acceptors (Lipinski definition) is 4. The summed E-state index contributed by atoms with van der Waals surface area (Å²) in [7, 11) is 1.37. The summed E-state index contributed by atoms with van der Waals surface area (Å²) in [5.41, 5.74) is 1.71. The van der Waals surface area contributed by atoms with Crippen LogP contribution in [0, 0.1) is 6.92 Å². The predicted octanol–water partition coefficient (Wildman–Crippen LogP) is 2.34. The van der Waals surface area contributed by atoms with Gasteiger partial charge in [-0.2, -0.15) is 0 Å². The zero-order chi connectivity index (χ0) is 17.2. The Balaban J connectivity index is 2.80. The molecule has 0 aromatic heterocycles. The molecule has 0 N–H and O–H groups in total. The third kappa shape index (κ3) is 6.40. The third-order valence-electron chi connectivity index (χ3n) is 3.95. The Morgan fingerprint density at radius 1 is 1.09 bits per heavy atom. The van der Waals surface area contributed by atoms with Crippen LogP contribution in [0.1, 0.15) is 36.2 Å². The van der Waals surface area contributed by atoms with Crippen molar-refractivity contribution in [2.75, 3.05) is 39.8 Å². The number of likely N-dealkylation sites (N-methyl/N-ethyl adjacent to an activating group) is 1. The Hall–Kier alpha value is -1.88. The van der Waals surface area contributed by atoms with Gasteiger partial charge in [0.1, 0.15) is 0 Å². The first-order valence-electron chi connectivity index (χ1n) is 8.16. The van der Waals surface area contributed by atoms with Gasteiger partial charge in [-0.3, -0.25) is 9.59 Å². The maximum Gasteiger partial charge on any atom is 0.307 e. The second-order valence-electron chi connectivity index (χ2n) is 5.51. The highest BCUT2D eigenvalue weighted by Crippen LogP contribution is 2.09. The second-order valence-corrected chi connectivity index (χ2v) is 5.51. The molecule has 5 heteroatoms. The molecule has 1 aromatic carbocycles. The summed E-state index contributed by atoms with van der Waals surface area (Å²) >= 11 is 0. The molecule has 0 aliphatic carbocycles. The number of benzene rings is 1. The Morgan fingerprint density at radius 2 is 1.78 bits per heavy atom. The summed E-state index contributed by atoms with van der Waals surface area (Å²) in [4.78, 5) is 28.2. The van der Waals surface area contributed by atoms with Gasteiger partial charge >= 0.3 is 5.97 Å². The first kappa shape index (κ1) is 19.2. The summed E-state index contributed by atoms with van der Waals surface area (Å²) in [5.74, 6) is -0.334. The van der Waals surface area contributed by atoms with Crippen molar-refractivity contribution in [1.82, 2.24) is 9.80 Å². The number of rotatable bonds is 9. The van der Waals surface area contributed by atoms with E-state index in [4.69, 9.17) is 0 Å². The monoisotopic (exact) mass is 320 g/mol. The van der Waals surface area contributed by atoms with E-state index < -0.39 is 0 Å². The van der Waals surface area contributed by atoms with E-state index in [1.165, 1.54) is 7.11 Å². The van der Waals surface area contributed by atoms with E-state index >= 15 is 0 Å². The molecule has 0 saturated heterocycles. The molecule has 1 amide bonds. The maximum atomic E-state index is 12.7. The van der Waals surface area contributed by atoms with Crippen LogP contribution >= 0.6 is 0 Å². The van der Waals surface area contributed by atoms with Crippen LogP contribution in [0.3, 0.4) is 0 Å². The van der Waals surface area contributed by atoms with Crippen molar-refractivity contribution < 1.29 is 14.3 Å². The fourth-order valence-corrected chi connectivity index (χ4v) is 2.41. The normalized spacial score (nSPS) is 10.7. The summed E-state index contributed by atoms with van der Waals surface area (Å²) in [6, 6.07) is 7.54. The fourth-order valence-electron chi connectivity index (χ4n) is 2.41. The lowest BCUT2D eigenvalue weighted by atomic mass is 10.1. The van der Waals surface area contributed by atoms with Crippen molar-refractivity contribution in [3.8, 4) is 0 Å². The van der Waals surface area contributed by atoms with E-state index in [0.717, 1.165) is 25.2 Å². The number of nitrogens with zero attached hydrogens (tertiary/aromatic N) is 2. The van der Waals surface area contributed by atoms with Gasteiger partial charge in [-0.25, -0.2) is 0 Å². The number of carbonyl (C=O) groups excluding carboxylic acids is 2. The molecule has 128 valence electrons. The Bertz CT molecular complexity index is 513.